The molecule has 0 bridgehead atoms. The molecule has 0 saturated heterocycles. The summed E-state index contributed by atoms with van der Waals surface area (Å²) in [6, 6.07) is 23.1. The molecule has 29 heavy (non-hydrogen) atoms. The molecule has 1 amide bonds. The SMILES string of the molecule is CCN(c1ccc(C(=O)N2CCc3ccccc32)cc1)S(=O)(=O)c1ccccc1. The van der Waals surface area contributed by atoms with Crippen molar-refractivity contribution in [1.82, 2.24) is 0 Å². The Hall–Kier alpha value is -3.12. The first-order chi connectivity index (χ1) is 14.0. The predicted octanol–water partition coefficient (Wildman–Crippen LogP) is 4.10. The Morgan fingerprint density at radius 2 is 1.59 bits per heavy atom. The molecule has 0 aromatic heterocycles. The van der Waals surface area contributed by atoms with Gasteiger partial charge in [0.2, 0.25) is 0 Å². The number of para-hydroxylation sites is 1. The number of sulfonamides is 1. The van der Waals surface area contributed by atoms with Crippen molar-refractivity contribution in [2.45, 2.75) is 18.2 Å². The Morgan fingerprint density at radius 1 is 0.931 bits per heavy atom. The van der Waals surface area contributed by atoms with Crippen LogP contribution >= 0.6 is 0 Å². The minimum Gasteiger partial charge on any atom is -0.308 e. The number of amides is 1. The van der Waals surface area contributed by atoms with Crippen LogP contribution in [0.25, 0.3) is 0 Å². The fourth-order valence-corrected chi connectivity index (χ4v) is 5.18. The minimum absolute atomic E-state index is 0.0736. The van der Waals surface area contributed by atoms with E-state index in [1.54, 1.807) is 66.4 Å². The first-order valence-corrected chi connectivity index (χ1v) is 11.0. The van der Waals surface area contributed by atoms with Gasteiger partial charge in [-0.05, 0) is 61.4 Å². The highest BCUT2D eigenvalue weighted by molar-refractivity contribution is 7.92. The largest absolute Gasteiger partial charge is 0.308 e. The van der Waals surface area contributed by atoms with Crippen LogP contribution in [0.1, 0.15) is 22.8 Å². The molecule has 0 fully saturated rings. The fraction of sp³-hybridized carbons (Fsp3) is 0.174. The Balaban J connectivity index is 1.60. The quantitative estimate of drug-likeness (QED) is 0.641. The van der Waals surface area contributed by atoms with Crippen LogP contribution < -0.4 is 9.21 Å². The second-order valence-corrected chi connectivity index (χ2v) is 8.73. The summed E-state index contributed by atoms with van der Waals surface area (Å²) in [4.78, 5) is 15.0. The summed E-state index contributed by atoms with van der Waals surface area (Å²) in [7, 11) is -3.65. The first kappa shape index (κ1) is 19.2. The molecule has 4 rings (SSSR count). The maximum Gasteiger partial charge on any atom is 0.264 e. The van der Waals surface area contributed by atoms with Crippen molar-refractivity contribution in [2.24, 2.45) is 0 Å². The molecule has 3 aromatic rings. The third-order valence-corrected chi connectivity index (χ3v) is 7.07. The van der Waals surface area contributed by atoms with E-state index < -0.39 is 10.0 Å². The van der Waals surface area contributed by atoms with Gasteiger partial charge in [-0.2, -0.15) is 0 Å². The van der Waals surface area contributed by atoms with Gasteiger partial charge in [-0.1, -0.05) is 36.4 Å². The number of rotatable bonds is 5. The fourth-order valence-electron chi connectivity index (χ4n) is 3.69. The van der Waals surface area contributed by atoms with E-state index in [0.29, 0.717) is 24.3 Å². The first-order valence-electron chi connectivity index (χ1n) is 9.60. The lowest BCUT2D eigenvalue weighted by molar-refractivity contribution is 0.0989. The van der Waals surface area contributed by atoms with Crippen molar-refractivity contribution in [3.8, 4) is 0 Å². The van der Waals surface area contributed by atoms with Gasteiger partial charge in [0.05, 0.1) is 10.6 Å². The summed E-state index contributed by atoms with van der Waals surface area (Å²) in [6.45, 7) is 2.74. The maximum absolute atomic E-state index is 13.0. The number of nitrogens with zero attached hydrogens (tertiary/aromatic N) is 2. The molecule has 0 radical (unpaired) electrons. The van der Waals surface area contributed by atoms with E-state index in [0.717, 1.165) is 12.1 Å². The van der Waals surface area contributed by atoms with E-state index >= 15 is 0 Å². The van der Waals surface area contributed by atoms with Crippen LogP contribution in [0.2, 0.25) is 0 Å². The number of fused-ring (bicyclic) bond motifs is 1. The summed E-state index contributed by atoms with van der Waals surface area (Å²) in [5.74, 6) is -0.0736. The van der Waals surface area contributed by atoms with Gasteiger partial charge in [-0.3, -0.25) is 9.10 Å². The molecular weight excluding hydrogens is 384 g/mol. The van der Waals surface area contributed by atoms with E-state index in [1.165, 1.54) is 9.87 Å². The zero-order valence-corrected chi connectivity index (χ0v) is 17.0. The average Bonchev–Trinajstić information content (AvgIpc) is 3.19. The highest BCUT2D eigenvalue weighted by atomic mass is 32.2. The van der Waals surface area contributed by atoms with Crippen LogP contribution in [0, 0.1) is 0 Å². The van der Waals surface area contributed by atoms with Gasteiger partial charge in [0.15, 0.2) is 0 Å². The molecule has 3 aromatic carbocycles. The number of hydrogen-bond acceptors (Lipinski definition) is 3. The lowest BCUT2D eigenvalue weighted by atomic mass is 10.1. The zero-order chi connectivity index (χ0) is 20.4. The van der Waals surface area contributed by atoms with Crippen molar-refractivity contribution in [1.29, 1.82) is 0 Å². The number of anilines is 2. The van der Waals surface area contributed by atoms with Crippen molar-refractivity contribution in [2.75, 3.05) is 22.3 Å². The van der Waals surface area contributed by atoms with Crippen LogP contribution in [0.5, 0.6) is 0 Å². The zero-order valence-electron chi connectivity index (χ0n) is 16.2. The number of carbonyl (C=O) groups is 1. The van der Waals surface area contributed by atoms with E-state index in [9.17, 15) is 13.2 Å². The molecule has 0 saturated carbocycles. The molecule has 0 atom stereocenters. The van der Waals surface area contributed by atoms with Gasteiger partial charge in [0.1, 0.15) is 0 Å². The molecule has 0 spiro atoms. The summed E-state index contributed by atoms with van der Waals surface area (Å²) >= 11 is 0. The van der Waals surface area contributed by atoms with Crippen LogP contribution in [-0.4, -0.2) is 27.4 Å². The van der Waals surface area contributed by atoms with Crippen molar-refractivity contribution in [3.05, 3.63) is 90.0 Å². The highest BCUT2D eigenvalue weighted by Gasteiger charge is 2.26. The van der Waals surface area contributed by atoms with E-state index in [2.05, 4.69) is 0 Å². The summed E-state index contributed by atoms with van der Waals surface area (Å²) in [5, 5.41) is 0. The molecule has 0 unspecified atom stereocenters. The Labute approximate surface area is 171 Å². The topological polar surface area (TPSA) is 57.7 Å². The maximum atomic E-state index is 13.0. The van der Waals surface area contributed by atoms with Crippen LogP contribution in [0.4, 0.5) is 11.4 Å². The van der Waals surface area contributed by atoms with E-state index in [-0.39, 0.29) is 10.8 Å². The molecule has 1 aliphatic rings. The lowest BCUT2D eigenvalue weighted by Gasteiger charge is -2.23. The van der Waals surface area contributed by atoms with Crippen LogP contribution in [-0.2, 0) is 16.4 Å². The Morgan fingerprint density at radius 3 is 2.28 bits per heavy atom. The Kier molecular flexibility index (Phi) is 5.11. The van der Waals surface area contributed by atoms with Crippen LogP contribution in [0.3, 0.4) is 0 Å². The third kappa shape index (κ3) is 3.51. The van der Waals surface area contributed by atoms with Gasteiger partial charge in [-0.15, -0.1) is 0 Å². The molecule has 0 N–H and O–H groups in total. The minimum atomic E-state index is -3.65. The summed E-state index contributed by atoms with van der Waals surface area (Å²) in [5.41, 5.74) is 3.19. The predicted molar refractivity (Wildman–Crippen MR) is 115 cm³/mol. The molecule has 6 heteroatoms. The second kappa shape index (κ2) is 7.72. The van der Waals surface area contributed by atoms with Gasteiger partial charge in [0, 0.05) is 24.3 Å². The van der Waals surface area contributed by atoms with E-state index in [4.69, 9.17) is 0 Å². The molecule has 1 heterocycles. The molecule has 0 aliphatic carbocycles. The number of hydrogen-bond donors (Lipinski definition) is 0. The van der Waals surface area contributed by atoms with Gasteiger partial charge in [0.25, 0.3) is 15.9 Å². The van der Waals surface area contributed by atoms with Gasteiger partial charge in [-0.25, -0.2) is 8.42 Å². The third-order valence-electron chi connectivity index (χ3n) is 5.15. The van der Waals surface area contributed by atoms with Crippen molar-refractivity contribution < 1.29 is 13.2 Å². The van der Waals surface area contributed by atoms with Gasteiger partial charge < -0.3 is 4.90 Å². The average molecular weight is 407 g/mol. The normalized spacial score (nSPS) is 13.2. The standard InChI is InChI=1S/C23H22N2O3S/c1-2-25(29(27,28)21-9-4-3-5-10-21)20-14-12-19(13-15-20)23(26)24-17-16-18-8-6-7-11-22(18)24/h3-15H,2,16-17H2,1H3. The number of benzene rings is 3. The second-order valence-electron chi connectivity index (χ2n) is 6.87. The van der Waals surface area contributed by atoms with Crippen molar-refractivity contribution >= 4 is 27.3 Å². The summed E-state index contributed by atoms with van der Waals surface area (Å²) in [6.07, 6.45) is 0.846. The van der Waals surface area contributed by atoms with E-state index in [1.807, 2.05) is 24.3 Å². The Bertz CT molecular complexity index is 1130. The lowest BCUT2D eigenvalue weighted by Crippen LogP contribution is -2.31. The molecule has 1 aliphatic heterocycles. The monoisotopic (exact) mass is 406 g/mol. The molecule has 148 valence electrons. The van der Waals surface area contributed by atoms with Crippen molar-refractivity contribution in [3.63, 3.8) is 0 Å². The molecular formula is C23H22N2O3S. The van der Waals surface area contributed by atoms with Gasteiger partial charge >= 0.3 is 0 Å². The van der Waals surface area contributed by atoms with Crippen LogP contribution in [0.15, 0.2) is 83.8 Å². The summed E-state index contributed by atoms with van der Waals surface area (Å²) < 4.78 is 27.3. The smallest absolute Gasteiger partial charge is 0.264 e. The number of carbonyl (C=O) groups excluding carboxylic acids is 1. The molecule has 5 nitrogen and oxygen atoms in total. The highest BCUT2D eigenvalue weighted by Crippen LogP contribution is 2.30.